The summed E-state index contributed by atoms with van der Waals surface area (Å²) in [5.41, 5.74) is 0.348. The van der Waals surface area contributed by atoms with Crippen LogP contribution in [-0.2, 0) is 6.42 Å². The van der Waals surface area contributed by atoms with Crippen LogP contribution in [0.25, 0.3) is 0 Å². The van der Waals surface area contributed by atoms with Gasteiger partial charge in [-0.3, -0.25) is 0 Å². The van der Waals surface area contributed by atoms with Crippen molar-refractivity contribution in [2.24, 2.45) is 0 Å². The molecule has 2 nitrogen and oxygen atoms in total. The van der Waals surface area contributed by atoms with E-state index in [1.165, 1.54) is 12.1 Å². The number of benzene rings is 1. The fourth-order valence-electron chi connectivity index (χ4n) is 1.18. The molecule has 16 heavy (non-hydrogen) atoms. The molecular formula is C10H7BrF3NO. The molecule has 0 saturated heterocycles. The first-order valence-electron chi connectivity index (χ1n) is 4.34. The molecule has 0 unspecified atom stereocenters. The first-order chi connectivity index (χ1) is 7.44. The molecule has 6 heteroatoms. The molecule has 0 atom stereocenters. The molecule has 1 aromatic carbocycles. The zero-order valence-electron chi connectivity index (χ0n) is 8.01. The van der Waals surface area contributed by atoms with E-state index < -0.39 is 6.36 Å². The third-order valence-electron chi connectivity index (χ3n) is 1.79. The van der Waals surface area contributed by atoms with Crippen LogP contribution in [0.1, 0.15) is 12.0 Å². The van der Waals surface area contributed by atoms with E-state index in [4.69, 9.17) is 5.26 Å². The van der Waals surface area contributed by atoms with Gasteiger partial charge in [-0.15, -0.1) is 13.2 Å². The molecule has 0 fully saturated rings. The number of alkyl halides is 3. The van der Waals surface area contributed by atoms with Crippen LogP contribution in [0.3, 0.4) is 0 Å². The highest BCUT2D eigenvalue weighted by molar-refractivity contribution is 9.10. The highest BCUT2D eigenvalue weighted by Crippen LogP contribution is 2.31. The van der Waals surface area contributed by atoms with Gasteiger partial charge in [-0.2, -0.15) is 5.26 Å². The Bertz CT molecular complexity index is 412. The smallest absolute Gasteiger partial charge is 0.405 e. The third-order valence-corrected chi connectivity index (χ3v) is 2.53. The van der Waals surface area contributed by atoms with Crippen LogP contribution in [0.2, 0.25) is 0 Å². The molecule has 1 aromatic rings. The fourth-order valence-corrected chi connectivity index (χ4v) is 1.73. The average Bonchev–Trinajstić information content (AvgIpc) is 2.14. The van der Waals surface area contributed by atoms with Crippen LogP contribution in [0.5, 0.6) is 5.75 Å². The first-order valence-corrected chi connectivity index (χ1v) is 5.13. The molecule has 86 valence electrons. The molecule has 0 aromatic heterocycles. The van der Waals surface area contributed by atoms with Crippen molar-refractivity contribution in [1.29, 1.82) is 5.26 Å². The Morgan fingerprint density at radius 1 is 1.38 bits per heavy atom. The second-order valence-corrected chi connectivity index (χ2v) is 3.78. The Kier molecular flexibility index (Phi) is 4.19. The van der Waals surface area contributed by atoms with Crippen molar-refractivity contribution in [2.45, 2.75) is 19.2 Å². The summed E-state index contributed by atoms with van der Waals surface area (Å²) in [5.74, 6) is -0.267. The number of nitrogens with zero attached hydrogens (tertiary/aromatic N) is 1. The molecule has 0 spiro atoms. The van der Waals surface area contributed by atoms with Gasteiger partial charge in [0, 0.05) is 16.5 Å². The number of halogens is 4. The van der Waals surface area contributed by atoms with Gasteiger partial charge in [-0.05, 0) is 18.6 Å². The summed E-state index contributed by atoms with van der Waals surface area (Å²) < 4.78 is 40.6. The van der Waals surface area contributed by atoms with Crippen molar-refractivity contribution in [2.75, 3.05) is 0 Å². The van der Waals surface area contributed by atoms with E-state index in [9.17, 15) is 13.2 Å². The quantitative estimate of drug-likeness (QED) is 0.849. The fraction of sp³-hybridized carbons (Fsp3) is 0.300. The minimum atomic E-state index is -4.72. The topological polar surface area (TPSA) is 33.0 Å². The van der Waals surface area contributed by atoms with Crippen LogP contribution in [0, 0.1) is 11.3 Å². The van der Waals surface area contributed by atoms with Crippen molar-refractivity contribution < 1.29 is 17.9 Å². The number of rotatable bonds is 3. The van der Waals surface area contributed by atoms with E-state index in [2.05, 4.69) is 20.7 Å². The molecule has 0 aliphatic heterocycles. The van der Waals surface area contributed by atoms with Crippen LogP contribution < -0.4 is 4.74 Å². The lowest BCUT2D eigenvalue weighted by Gasteiger charge is -2.13. The van der Waals surface area contributed by atoms with Gasteiger partial charge in [0.05, 0.1) is 6.07 Å². The van der Waals surface area contributed by atoms with Gasteiger partial charge in [0.2, 0.25) is 0 Å². The second kappa shape index (κ2) is 5.21. The van der Waals surface area contributed by atoms with Gasteiger partial charge in [0.1, 0.15) is 5.75 Å². The molecule has 0 aliphatic carbocycles. The van der Waals surface area contributed by atoms with Crippen LogP contribution in [-0.4, -0.2) is 6.36 Å². The van der Waals surface area contributed by atoms with Gasteiger partial charge in [0.15, 0.2) is 0 Å². The second-order valence-electron chi connectivity index (χ2n) is 2.92. The highest BCUT2D eigenvalue weighted by Gasteiger charge is 2.32. The standard InChI is InChI=1S/C10H7BrF3NO/c11-8-4-1-5-9(16-10(12,13)14)7(8)3-2-6-15/h1,4-5H,2-3H2. The monoisotopic (exact) mass is 293 g/mol. The Labute approximate surface area is 98.8 Å². The number of hydrogen-bond donors (Lipinski definition) is 0. The molecular weight excluding hydrogens is 287 g/mol. The van der Waals surface area contributed by atoms with Crippen molar-refractivity contribution in [3.05, 3.63) is 28.2 Å². The maximum absolute atomic E-state index is 12.1. The van der Waals surface area contributed by atoms with E-state index in [1.807, 2.05) is 6.07 Å². The van der Waals surface area contributed by atoms with Crippen molar-refractivity contribution >= 4 is 15.9 Å². The molecule has 1 rings (SSSR count). The normalized spacial score (nSPS) is 10.9. The minimum absolute atomic E-state index is 0.136. The lowest BCUT2D eigenvalue weighted by Crippen LogP contribution is -2.18. The highest BCUT2D eigenvalue weighted by atomic mass is 79.9. The Hall–Kier alpha value is -1.22. The third kappa shape index (κ3) is 3.74. The molecule has 0 aliphatic rings. The van der Waals surface area contributed by atoms with Crippen molar-refractivity contribution in [3.8, 4) is 11.8 Å². The van der Waals surface area contributed by atoms with Gasteiger partial charge in [-0.25, -0.2) is 0 Å². The average molecular weight is 294 g/mol. The van der Waals surface area contributed by atoms with Gasteiger partial charge < -0.3 is 4.74 Å². The van der Waals surface area contributed by atoms with Crippen LogP contribution in [0.4, 0.5) is 13.2 Å². The Balaban J connectivity index is 2.99. The SMILES string of the molecule is N#CCCc1c(Br)cccc1OC(F)(F)F. The number of ether oxygens (including phenoxy) is 1. The maximum Gasteiger partial charge on any atom is 0.573 e. The van der Waals surface area contributed by atoms with E-state index in [1.54, 1.807) is 6.07 Å². The number of hydrogen-bond acceptors (Lipinski definition) is 2. The Morgan fingerprint density at radius 2 is 2.06 bits per heavy atom. The van der Waals surface area contributed by atoms with Crippen LogP contribution in [0.15, 0.2) is 22.7 Å². The maximum atomic E-state index is 12.1. The minimum Gasteiger partial charge on any atom is -0.405 e. The summed E-state index contributed by atoms with van der Waals surface area (Å²) in [6.45, 7) is 0. The molecule has 0 saturated carbocycles. The van der Waals surface area contributed by atoms with Crippen LogP contribution >= 0.6 is 15.9 Å². The molecule has 0 N–H and O–H groups in total. The van der Waals surface area contributed by atoms with Gasteiger partial charge in [-0.1, -0.05) is 22.0 Å². The van der Waals surface area contributed by atoms with Gasteiger partial charge >= 0.3 is 6.36 Å². The summed E-state index contributed by atoms with van der Waals surface area (Å²) in [4.78, 5) is 0. The van der Waals surface area contributed by atoms with E-state index in [-0.39, 0.29) is 18.6 Å². The molecule has 0 radical (unpaired) electrons. The van der Waals surface area contributed by atoms with Crippen molar-refractivity contribution in [1.82, 2.24) is 0 Å². The van der Waals surface area contributed by atoms with E-state index in [0.717, 1.165) is 0 Å². The number of nitriles is 1. The largest absolute Gasteiger partial charge is 0.573 e. The zero-order chi connectivity index (χ0) is 12.2. The lowest BCUT2D eigenvalue weighted by molar-refractivity contribution is -0.274. The molecule has 0 heterocycles. The summed E-state index contributed by atoms with van der Waals surface area (Å²) in [6.07, 6.45) is -4.37. The molecule has 0 amide bonds. The summed E-state index contributed by atoms with van der Waals surface area (Å²) in [6, 6.07) is 6.16. The lowest BCUT2D eigenvalue weighted by atomic mass is 10.1. The summed E-state index contributed by atoms with van der Waals surface area (Å²) in [7, 11) is 0. The van der Waals surface area contributed by atoms with E-state index in [0.29, 0.717) is 10.0 Å². The van der Waals surface area contributed by atoms with Gasteiger partial charge in [0.25, 0.3) is 0 Å². The van der Waals surface area contributed by atoms with Crippen molar-refractivity contribution in [3.63, 3.8) is 0 Å². The zero-order valence-corrected chi connectivity index (χ0v) is 9.60. The van der Waals surface area contributed by atoms with E-state index >= 15 is 0 Å². The summed E-state index contributed by atoms with van der Waals surface area (Å²) in [5, 5.41) is 8.41. The molecule has 0 bridgehead atoms. The predicted molar refractivity (Wildman–Crippen MR) is 54.8 cm³/mol. The predicted octanol–water partition coefficient (Wildman–Crippen LogP) is 3.80. The first kappa shape index (κ1) is 12.8. The summed E-state index contributed by atoms with van der Waals surface area (Å²) >= 11 is 3.13. The Morgan fingerprint density at radius 3 is 2.62 bits per heavy atom.